The van der Waals surface area contributed by atoms with E-state index in [0.717, 1.165) is 11.1 Å². The normalized spacial score (nSPS) is 11.2. The van der Waals surface area contributed by atoms with Crippen LogP contribution >= 0.6 is 0 Å². The first-order chi connectivity index (χ1) is 8.47. The molecule has 0 unspecified atom stereocenters. The second kappa shape index (κ2) is 4.82. The molecule has 2 rings (SSSR count). The predicted molar refractivity (Wildman–Crippen MR) is 72.9 cm³/mol. The molecule has 3 nitrogen and oxygen atoms in total. The Morgan fingerprint density at radius 2 is 1.72 bits per heavy atom. The van der Waals surface area contributed by atoms with Crippen LogP contribution in [-0.2, 0) is 10.0 Å². The van der Waals surface area contributed by atoms with Crippen LogP contribution in [0.1, 0.15) is 11.1 Å². The van der Waals surface area contributed by atoms with Crippen molar-refractivity contribution in [3.63, 3.8) is 0 Å². The molecule has 4 heteroatoms. The van der Waals surface area contributed by atoms with E-state index in [0.29, 0.717) is 5.69 Å². The van der Waals surface area contributed by atoms with Crippen molar-refractivity contribution >= 4 is 15.7 Å². The van der Waals surface area contributed by atoms with Gasteiger partial charge in [0.15, 0.2) is 0 Å². The third-order valence-electron chi connectivity index (χ3n) is 2.51. The standard InChI is InChI=1S/C14H14NO2S/c1-11-6-8-13(9-7-11)15-18(16,17)14-5-3-4-12(2)10-14/h3-10,15H,1H2,2H3. The third kappa shape index (κ3) is 2.90. The zero-order chi connectivity index (χ0) is 13.2. The van der Waals surface area contributed by atoms with Crippen molar-refractivity contribution in [3.05, 3.63) is 66.6 Å². The van der Waals surface area contributed by atoms with Gasteiger partial charge in [-0.3, -0.25) is 4.72 Å². The van der Waals surface area contributed by atoms with Gasteiger partial charge in [-0.15, -0.1) is 0 Å². The first-order valence-corrected chi connectivity index (χ1v) is 6.97. The summed E-state index contributed by atoms with van der Waals surface area (Å²) in [4.78, 5) is 0.265. The van der Waals surface area contributed by atoms with Crippen LogP contribution in [0.4, 0.5) is 5.69 Å². The molecular formula is C14H14NO2S. The first-order valence-electron chi connectivity index (χ1n) is 5.49. The van der Waals surface area contributed by atoms with E-state index in [1.807, 2.05) is 13.0 Å². The summed E-state index contributed by atoms with van der Waals surface area (Å²) in [6.45, 7) is 5.61. The second-order valence-electron chi connectivity index (χ2n) is 4.12. The molecule has 0 amide bonds. The van der Waals surface area contributed by atoms with Crippen LogP contribution < -0.4 is 4.72 Å². The van der Waals surface area contributed by atoms with Crippen LogP contribution in [0.3, 0.4) is 0 Å². The van der Waals surface area contributed by atoms with Crippen LogP contribution in [0.25, 0.3) is 0 Å². The van der Waals surface area contributed by atoms with Crippen LogP contribution in [0.2, 0.25) is 0 Å². The highest BCUT2D eigenvalue weighted by Gasteiger charge is 2.13. The number of hydrogen-bond acceptors (Lipinski definition) is 2. The van der Waals surface area contributed by atoms with Gasteiger partial charge in [-0.1, -0.05) is 24.3 Å². The lowest BCUT2D eigenvalue weighted by molar-refractivity contribution is 0.601. The van der Waals surface area contributed by atoms with Crippen molar-refractivity contribution < 1.29 is 8.42 Å². The van der Waals surface area contributed by atoms with E-state index in [2.05, 4.69) is 11.6 Å². The van der Waals surface area contributed by atoms with Gasteiger partial charge in [-0.2, -0.15) is 0 Å². The van der Waals surface area contributed by atoms with E-state index < -0.39 is 10.0 Å². The summed E-state index contributed by atoms with van der Waals surface area (Å²) in [7, 11) is -3.52. The highest BCUT2D eigenvalue weighted by molar-refractivity contribution is 7.92. The molecule has 2 aromatic carbocycles. The molecule has 0 aliphatic heterocycles. The molecule has 0 fully saturated rings. The SMILES string of the molecule is [CH2]c1ccc(NS(=O)(=O)c2cccc(C)c2)cc1. The van der Waals surface area contributed by atoms with E-state index in [-0.39, 0.29) is 4.90 Å². The summed E-state index contributed by atoms with van der Waals surface area (Å²) < 4.78 is 26.8. The molecule has 18 heavy (non-hydrogen) atoms. The summed E-state index contributed by atoms with van der Waals surface area (Å²) in [6, 6.07) is 13.7. The average Bonchev–Trinajstić information content (AvgIpc) is 2.32. The fourth-order valence-electron chi connectivity index (χ4n) is 1.57. The maximum Gasteiger partial charge on any atom is 0.261 e. The van der Waals surface area contributed by atoms with E-state index in [1.54, 1.807) is 42.5 Å². The number of nitrogens with one attached hydrogen (secondary N) is 1. The number of benzene rings is 2. The number of anilines is 1. The Morgan fingerprint density at radius 3 is 2.33 bits per heavy atom. The Kier molecular flexibility index (Phi) is 3.39. The molecule has 1 radical (unpaired) electrons. The fraction of sp³-hybridized carbons (Fsp3) is 0.0714. The van der Waals surface area contributed by atoms with Gasteiger partial charge in [-0.25, -0.2) is 8.42 Å². The molecule has 0 atom stereocenters. The Balaban J connectivity index is 2.30. The van der Waals surface area contributed by atoms with Gasteiger partial charge < -0.3 is 0 Å². The third-order valence-corrected chi connectivity index (χ3v) is 3.88. The van der Waals surface area contributed by atoms with E-state index >= 15 is 0 Å². The van der Waals surface area contributed by atoms with Crippen LogP contribution in [-0.4, -0.2) is 8.42 Å². The van der Waals surface area contributed by atoms with E-state index in [4.69, 9.17) is 0 Å². The van der Waals surface area contributed by atoms with Gasteiger partial charge >= 0.3 is 0 Å². The van der Waals surface area contributed by atoms with Crippen LogP contribution in [0, 0.1) is 13.8 Å². The van der Waals surface area contributed by atoms with Crippen molar-refractivity contribution in [1.82, 2.24) is 0 Å². The molecule has 0 saturated carbocycles. The maximum absolute atomic E-state index is 12.1. The molecule has 0 saturated heterocycles. The predicted octanol–water partition coefficient (Wildman–Crippen LogP) is 2.98. The molecule has 0 spiro atoms. The molecule has 1 N–H and O–H groups in total. The number of sulfonamides is 1. The molecular weight excluding hydrogens is 246 g/mol. The molecule has 0 aliphatic rings. The van der Waals surface area contributed by atoms with Crippen LogP contribution in [0.5, 0.6) is 0 Å². The largest absolute Gasteiger partial charge is 0.280 e. The van der Waals surface area contributed by atoms with Crippen LogP contribution in [0.15, 0.2) is 53.4 Å². The topological polar surface area (TPSA) is 46.2 Å². The van der Waals surface area contributed by atoms with Gasteiger partial charge in [0.25, 0.3) is 10.0 Å². The summed E-state index contributed by atoms with van der Waals surface area (Å²) in [6.07, 6.45) is 0. The minimum Gasteiger partial charge on any atom is -0.280 e. The van der Waals surface area contributed by atoms with Crippen molar-refractivity contribution in [2.45, 2.75) is 11.8 Å². The van der Waals surface area contributed by atoms with Gasteiger partial charge in [0.05, 0.1) is 4.90 Å². The minimum atomic E-state index is -3.52. The Morgan fingerprint density at radius 1 is 1.06 bits per heavy atom. The Hall–Kier alpha value is -1.81. The van der Waals surface area contributed by atoms with Gasteiger partial charge in [0.2, 0.25) is 0 Å². The molecule has 0 aromatic heterocycles. The zero-order valence-corrected chi connectivity index (χ0v) is 10.9. The summed E-state index contributed by atoms with van der Waals surface area (Å²) >= 11 is 0. The number of rotatable bonds is 3. The summed E-state index contributed by atoms with van der Waals surface area (Å²) in [5.41, 5.74) is 2.28. The fourth-order valence-corrected chi connectivity index (χ4v) is 2.73. The van der Waals surface area contributed by atoms with Crippen molar-refractivity contribution in [2.24, 2.45) is 0 Å². The number of hydrogen-bond donors (Lipinski definition) is 1. The molecule has 0 aliphatic carbocycles. The van der Waals surface area contributed by atoms with Gasteiger partial charge in [0, 0.05) is 5.69 Å². The quantitative estimate of drug-likeness (QED) is 0.922. The zero-order valence-electron chi connectivity index (χ0n) is 10.1. The molecule has 93 valence electrons. The monoisotopic (exact) mass is 260 g/mol. The average molecular weight is 260 g/mol. The first kappa shape index (κ1) is 12.6. The lowest BCUT2D eigenvalue weighted by Crippen LogP contribution is -2.12. The molecule has 0 bridgehead atoms. The Bertz CT molecular complexity index is 646. The molecule has 0 heterocycles. The van der Waals surface area contributed by atoms with Crippen molar-refractivity contribution in [1.29, 1.82) is 0 Å². The smallest absolute Gasteiger partial charge is 0.261 e. The highest BCUT2D eigenvalue weighted by Crippen LogP contribution is 2.17. The van der Waals surface area contributed by atoms with E-state index in [1.165, 1.54) is 0 Å². The van der Waals surface area contributed by atoms with Crippen molar-refractivity contribution in [2.75, 3.05) is 4.72 Å². The minimum absolute atomic E-state index is 0.265. The highest BCUT2D eigenvalue weighted by atomic mass is 32.2. The number of aryl methyl sites for hydroxylation is 1. The summed E-state index contributed by atoms with van der Waals surface area (Å²) in [5.74, 6) is 0. The lowest BCUT2D eigenvalue weighted by atomic mass is 10.2. The van der Waals surface area contributed by atoms with Gasteiger partial charge in [-0.05, 0) is 49.2 Å². The molecule has 2 aromatic rings. The second-order valence-corrected chi connectivity index (χ2v) is 5.80. The summed E-state index contributed by atoms with van der Waals surface area (Å²) in [5, 5.41) is 0. The maximum atomic E-state index is 12.1. The Labute approximate surface area is 108 Å². The van der Waals surface area contributed by atoms with Crippen molar-refractivity contribution in [3.8, 4) is 0 Å². The lowest BCUT2D eigenvalue weighted by Gasteiger charge is -2.08. The van der Waals surface area contributed by atoms with E-state index in [9.17, 15) is 8.42 Å². The van der Waals surface area contributed by atoms with Gasteiger partial charge in [0.1, 0.15) is 0 Å².